The highest BCUT2D eigenvalue weighted by Gasteiger charge is 2.28. The molecule has 0 aromatic carbocycles. The molecule has 0 aromatic rings. The van der Waals surface area contributed by atoms with Gasteiger partial charge in [0.25, 0.3) is 0 Å². The first kappa shape index (κ1) is 12.4. The van der Waals surface area contributed by atoms with Gasteiger partial charge in [0.1, 0.15) is 0 Å². The number of nitrogens with zero attached hydrogens (tertiary/aromatic N) is 1. The lowest BCUT2D eigenvalue weighted by Gasteiger charge is -2.40. The fraction of sp³-hybridized carbons (Fsp3) is 1.00. The molecule has 2 N–H and O–H groups in total. The molecule has 0 amide bonds. The summed E-state index contributed by atoms with van der Waals surface area (Å²) in [4.78, 5) is 2.50. The standard InChI is InChI=1S/C14H28N2/c1-16(13-10-6-3-7-11-13)14(15)12-8-4-2-5-9-12/h12-14H,2-11,15H2,1H3. The summed E-state index contributed by atoms with van der Waals surface area (Å²) in [6, 6.07) is 0.769. The van der Waals surface area contributed by atoms with Crippen molar-refractivity contribution >= 4 is 0 Å². The minimum absolute atomic E-state index is 0.323. The van der Waals surface area contributed by atoms with E-state index in [-0.39, 0.29) is 0 Å². The molecule has 1 atom stereocenters. The van der Waals surface area contributed by atoms with Gasteiger partial charge in [-0.15, -0.1) is 0 Å². The third kappa shape index (κ3) is 2.98. The largest absolute Gasteiger partial charge is 0.315 e. The number of hydrogen-bond acceptors (Lipinski definition) is 2. The maximum absolute atomic E-state index is 6.45. The molecule has 0 heterocycles. The molecule has 2 aliphatic carbocycles. The van der Waals surface area contributed by atoms with Crippen LogP contribution in [0.5, 0.6) is 0 Å². The molecule has 2 saturated carbocycles. The molecular formula is C14H28N2. The smallest absolute Gasteiger partial charge is 0.0600 e. The van der Waals surface area contributed by atoms with Crippen LogP contribution in [0.15, 0.2) is 0 Å². The van der Waals surface area contributed by atoms with Gasteiger partial charge in [-0.05, 0) is 38.6 Å². The molecule has 2 rings (SSSR count). The Balaban J connectivity index is 1.84. The molecule has 0 aliphatic heterocycles. The monoisotopic (exact) mass is 224 g/mol. The lowest BCUT2D eigenvalue weighted by atomic mass is 9.85. The predicted octanol–water partition coefficient (Wildman–Crippen LogP) is 3.12. The minimum Gasteiger partial charge on any atom is -0.315 e. The topological polar surface area (TPSA) is 29.3 Å². The molecule has 0 aromatic heterocycles. The highest BCUT2D eigenvalue weighted by molar-refractivity contribution is 4.81. The second kappa shape index (κ2) is 6.02. The molecule has 16 heavy (non-hydrogen) atoms. The van der Waals surface area contributed by atoms with Crippen LogP contribution < -0.4 is 5.73 Å². The van der Waals surface area contributed by atoms with Crippen molar-refractivity contribution in [3.63, 3.8) is 0 Å². The Morgan fingerprint density at radius 3 is 1.94 bits per heavy atom. The first-order valence-corrected chi connectivity index (χ1v) is 7.26. The summed E-state index contributed by atoms with van der Waals surface area (Å²) in [5.41, 5.74) is 6.45. The zero-order valence-electron chi connectivity index (χ0n) is 10.8. The number of nitrogens with two attached hydrogens (primary N) is 1. The van der Waals surface area contributed by atoms with Gasteiger partial charge in [-0.25, -0.2) is 0 Å². The average Bonchev–Trinajstić information content (AvgIpc) is 2.39. The van der Waals surface area contributed by atoms with Gasteiger partial charge in [-0.2, -0.15) is 0 Å². The van der Waals surface area contributed by atoms with E-state index in [4.69, 9.17) is 5.73 Å². The lowest BCUT2D eigenvalue weighted by Crippen LogP contribution is -2.50. The second-order valence-electron chi connectivity index (χ2n) is 5.85. The van der Waals surface area contributed by atoms with Crippen molar-refractivity contribution in [3.8, 4) is 0 Å². The van der Waals surface area contributed by atoms with Crippen molar-refractivity contribution in [2.45, 2.75) is 76.4 Å². The van der Waals surface area contributed by atoms with E-state index >= 15 is 0 Å². The van der Waals surface area contributed by atoms with Crippen LogP contribution in [-0.4, -0.2) is 24.2 Å². The van der Waals surface area contributed by atoms with Gasteiger partial charge in [0.2, 0.25) is 0 Å². The Morgan fingerprint density at radius 2 is 1.38 bits per heavy atom. The highest BCUT2D eigenvalue weighted by Crippen LogP contribution is 2.29. The molecule has 2 aliphatic rings. The third-order valence-corrected chi connectivity index (χ3v) is 4.75. The first-order valence-electron chi connectivity index (χ1n) is 7.26. The van der Waals surface area contributed by atoms with Gasteiger partial charge >= 0.3 is 0 Å². The molecule has 0 radical (unpaired) electrons. The SMILES string of the molecule is CN(C1CCCCC1)C(N)C1CCCCC1. The Bertz CT molecular complexity index is 171. The maximum Gasteiger partial charge on any atom is 0.0600 e. The number of rotatable bonds is 3. The van der Waals surface area contributed by atoms with E-state index in [2.05, 4.69) is 11.9 Å². The maximum atomic E-state index is 6.45. The Labute approximate surface area is 101 Å². The van der Waals surface area contributed by atoms with Crippen LogP contribution >= 0.6 is 0 Å². The summed E-state index contributed by atoms with van der Waals surface area (Å²) < 4.78 is 0. The van der Waals surface area contributed by atoms with Crippen LogP contribution in [-0.2, 0) is 0 Å². The van der Waals surface area contributed by atoms with E-state index in [0.29, 0.717) is 6.17 Å². The van der Waals surface area contributed by atoms with E-state index in [1.807, 2.05) is 0 Å². The average molecular weight is 224 g/mol. The summed E-state index contributed by atoms with van der Waals surface area (Å²) in [5.74, 6) is 0.765. The zero-order chi connectivity index (χ0) is 11.4. The molecule has 0 saturated heterocycles. The van der Waals surface area contributed by atoms with E-state index in [0.717, 1.165) is 12.0 Å². The van der Waals surface area contributed by atoms with Crippen LogP contribution in [0.1, 0.15) is 64.2 Å². The van der Waals surface area contributed by atoms with Gasteiger partial charge in [0.15, 0.2) is 0 Å². The third-order valence-electron chi connectivity index (χ3n) is 4.75. The van der Waals surface area contributed by atoms with Gasteiger partial charge in [0.05, 0.1) is 6.17 Å². The lowest BCUT2D eigenvalue weighted by molar-refractivity contribution is 0.0854. The van der Waals surface area contributed by atoms with E-state index in [9.17, 15) is 0 Å². The van der Waals surface area contributed by atoms with E-state index in [1.54, 1.807) is 0 Å². The highest BCUT2D eigenvalue weighted by atomic mass is 15.2. The van der Waals surface area contributed by atoms with Crippen LogP contribution in [0.3, 0.4) is 0 Å². The first-order chi connectivity index (χ1) is 7.79. The van der Waals surface area contributed by atoms with E-state index in [1.165, 1.54) is 64.2 Å². The van der Waals surface area contributed by atoms with Crippen molar-refractivity contribution in [2.24, 2.45) is 11.7 Å². The molecule has 1 unspecified atom stereocenters. The summed E-state index contributed by atoms with van der Waals surface area (Å²) in [7, 11) is 2.26. The Kier molecular flexibility index (Phi) is 4.66. The van der Waals surface area contributed by atoms with Crippen LogP contribution in [0, 0.1) is 5.92 Å². The van der Waals surface area contributed by atoms with Crippen LogP contribution in [0.25, 0.3) is 0 Å². The summed E-state index contributed by atoms with van der Waals surface area (Å²) in [5, 5.41) is 0. The molecule has 2 nitrogen and oxygen atoms in total. The summed E-state index contributed by atoms with van der Waals surface area (Å²) in [6.07, 6.45) is 14.3. The fourth-order valence-corrected chi connectivity index (χ4v) is 3.54. The van der Waals surface area contributed by atoms with Gasteiger partial charge < -0.3 is 5.73 Å². The molecule has 2 heteroatoms. The van der Waals surface area contributed by atoms with Gasteiger partial charge in [0, 0.05) is 6.04 Å². The normalized spacial score (nSPS) is 27.2. The van der Waals surface area contributed by atoms with E-state index < -0.39 is 0 Å². The van der Waals surface area contributed by atoms with Crippen molar-refractivity contribution in [1.29, 1.82) is 0 Å². The van der Waals surface area contributed by atoms with Crippen molar-refractivity contribution in [1.82, 2.24) is 4.90 Å². The molecule has 2 fully saturated rings. The summed E-state index contributed by atoms with van der Waals surface area (Å²) >= 11 is 0. The summed E-state index contributed by atoms with van der Waals surface area (Å²) in [6.45, 7) is 0. The fourth-order valence-electron chi connectivity index (χ4n) is 3.54. The minimum atomic E-state index is 0.323. The number of hydrogen-bond donors (Lipinski definition) is 1. The van der Waals surface area contributed by atoms with Crippen LogP contribution in [0.2, 0.25) is 0 Å². The molecule has 0 spiro atoms. The van der Waals surface area contributed by atoms with Crippen molar-refractivity contribution < 1.29 is 0 Å². The Morgan fingerprint density at radius 1 is 0.875 bits per heavy atom. The molecular weight excluding hydrogens is 196 g/mol. The van der Waals surface area contributed by atoms with Crippen molar-refractivity contribution in [3.05, 3.63) is 0 Å². The second-order valence-corrected chi connectivity index (χ2v) is 5.85. The molecule has 94 valence electrons. The van der Waals surface area contributed by atoms with Crippen molar-refractivity contribution in [2.75, 3.05) is 7.05 Å². The quantitative estimate of drug-likeness (QED) is 0.746. The van der Waals surface area contributed by atoms with Gasteiger partial charge in [-0.1, -0.05) is 38.5 Å². The van der Waals surface area contributed by atoms with Crippen LogP contribution in [0.4, 0.5) is 0 Å². The zero-order valence-corrected chi connectivity index (χ0v) is 10.8. The van der Waals surface area contributed by atoms with Gasteiger partial charge in [-0.3, -0.25) is 4.90 Å². The predicted molar refractivity (Wildman–Crippen MR) is 69.2 cm³/mol. The molecule has 0 bridgehead atoms. The Hall–Kier alpha value is -0.0800.